The van der Waals surface area contributed by atoms with Gasteiger partial charge < -0.3 is 0 Å². The third-order valence-corrected chi connectivity index (χ3v) is 4.13. The Bertz CT molecular complexity index is 1150. The topological polar surface area (TPSA) is 49.5 Å². The molecule has 1 heterocycles. The molecule has 1 amide bonds. The Balaban J connectivity index is 1.89. The molecular formula is C22H15N2O2+. The van der Waals surface area contributed by atoms with Crippen LogP contribution in [0.2, 0.25) is 0 Å². The molecule has 0 atom stereocenters. The first kappa shape index (κ1) is 15.8. The number of benzene rings is 3. The van der Waals surface area contributed by atoms with Crippen LogP contribution in [0.4, 0.5) is 5.69 Å². The fourth-order valence-electron chi connectivity index (χ4n) is 2.89. The van der Waals surface area contributed by atoms with Gasteiger partial charge in [0.05, 0.1) is 0 Å². The number of hydrogen-bond acceptors (Lipinski definition) is 3. The van der Waals surface area contributed by atoms with Gasteiger partial charge in [0, 0.05) is 29.8 Å². The van der Waals surface area contributed by atoms with Gasteiger partial charge in [0.25, 0.3) is 0 Å². The minimum atomic E-state index is -0.320. The van der Waals surface area contributed by atoms with E-state index in [4.69, 9.17) is 0 Å². The number of amides is 1. The number of nitrogens with zero attached hydrogens (tertiary/aromatic N) is 2. The van der Waals surface area contributed by atoms with Crippen LogP contribution in [0.15, 0.2) is 102 Å². The molecule has 26 heavy (non-hydrogen) atoms. The van der Waals surface area contributed by atoms with Crippen molar-refractivity contribution in [3.8, 4) is 0 Å². The molecule has 0 radical (unpaired) electrons. The number of carbonyl (C=O) groups excluding carboxylic acids is 2. The zero-order valence-corrected chi connectivity index (χ0v) is 13.9. The molecule has 0 unspecified atom stereocenters. The number of rotatable bonds is 3. The first-order valence-electron chi connectivity index (χ1n) is 8.25. The Kier molecular flexibility index (Phi) is 4.07. The van der Waals surface area contributed by atoms with Gasteiger partial charge in [0.2, 0.25) is 11.0 Å². The van der Waals surface area contributed by atoms with Gasteiger partial charge in [-0.15, -0.1) is 4.58 Å². The first-order chi connectivity index (χ1) is 12.7. The van der Waals surface area contributed by atoms with E-state index in [0.29, 0.717) is 16.3 Å². The van der Waals surface area contributed by atoms with Gasteiger partial charge >= 0.3 is 5.91 Å². The third-order valence-electron chi connectivity index (χ3n) is 4.13. The van der Waals surface area contributed by atoms with Crippen molar-refractivity contribution in [2.75, 3.05) is 0 Å². The first-order valence-corrected chi connectivity index (χ1v) is 8.25. The van der Waals surface area contributed by atoms with Crippen LogP contribution >= 0.6 is 0 Å². The number of hydrogen-bond donors (Lipinski definition) is 0. The molecule has 0 aliphatic carbocycles. The maximum atomic E-state index is 13.1. The number of para-hydroxylation sites is 3. The molecule has 4 rings (SSSR count). The minimum absolute atomic E-state index is 0.126. The van der Waals surface area contributed by atoms with Gasteiger partial charge in [0.1, 0.15) is 5.36 Å². The normalized spacial score (nSPS) is 14.7. The van der Waals surface area contributed by atoms with Crippen molar-refractivity contribution >= 4 is 17.4 Å². The summed E-state index contributed by atoms with van der Waals surface area (Å²) in [6.45, 7) is 0. The smallest absolute Gasteiger partial charge is 0.289 e. The molecule has 124 valence electrons. The molecule has 1 aliphatic rings. The van der Waals surface area contributed by atoms with E-state index in [9.17, 15) is 9.59 Å². The minimum Gasteiger partial charge on any atom is -0.289 e. The van der Waals surface area contributed by atoms with Gasteiger partial charge in [0.15, 0.2) is 11.5 Å². The van der Waals surface area contributed by atoms with Crippen LogP contribution in [0.3, 0.4) is 0 Å². The van der Waals surface area contributed by atoms with Crippen molar-refractivity contribution in [2.24, 2.45) is 4.99 Å². The van der Waals surface area contributed by atoms with Gasteiger partial charge in [-0.2, -0.15) is 0 Å². The summed E-state index contributed by atoms with van der Waals surface area (Å²) in [5, 5.41) is 1.36. The zero-order valence-electron chi connectivity index (χ0n) is 13.9. The second-order valence-electron chi connectivity index (χ2n) is 5.84. The monoisotopic (exact) mass is 339 g/mol. The second-order valence-corrected chi connectivity index (χ2v) is 5.84. The molecular weight excluding hydrogens is 324 g/mol. The molecule has 0 saturated carbocycles. The van der Waals surface area contributed by atoms with Gasteiger partial charge in [-0.05, 0) is 6.07 Å². The third kappa shape index (κ3) is 2.89. The highest BCUT2D eigenvalue weighted by atomic mass is 16.2. The van der Waals surface area contributed by atoms with Crippen LogP contribution in [0.5, 0.6) is 0 Å². The van der Waals surface area contributed by atoms with E-state index in [2.05, 4.69) is 4.99 Å². The summed E-state index contributed by atoms with van der Waals surface area (Å²) in [7, 11) is 0. The van der Waals surface area contributed by atoms with Crippen molar-refractivity contribution in [1.29, 1.82) is 0 Å². The molecule has 1 aliphatic heterocycles. The summed E-state index contributed by atoms with van der Waals surface area (Å²) >= 11 is 0. The Morgan fingerprint density at radius 2 is 1.42 bits per heavy atom. The van der Waals surface area contributed by atoms with E-state index in [1.165, 1.54) is 6.08 Å². The fraction of sp³-hybridized carbons (Fsp3) is 0. The number of ketones is 1. The van der Waals surface area contributed by atoms with E-state index >= 15 is 0 Å². The van der Waals surface area contributed by atoms with E-state index in [1.54, 1.807) is 28.8 Å². The largest absolute Gasteiger partial charge is 0.444 e. The molecule has 0 aromatic heterocycles. The lowest BCUT2D eigenvalue weighted by Crippen LogP contribution is -2.45. The van der Waals surface area contributed by atoms with E-state index in [0.717, 1.165) is 5.69 Å². The number of carbonyl (C=O) groups is 2. The van der Waals surface area contributed by atoms with Crippen molar-refractivity contribution in [2.45, 2.75) is 0 Å². The average molecular weight is 339 g/mol. The van der Waals surface area contributed by atoms with Crippen LogP contribution < -0.4 is 15.3 Å². The summed E-state index contributed by atoms with van der Waals surface area (Å²) in [5.41, 5.74) is 1.38. The predicted molar refractivity (Wildman–Crippen MR) is 98.4 cm³/mol. The van der Waals surface area contributed by atoms with Crippen LogP contribution in [-0.2, 0) is 4.79 Å². The van der Waals surface area contributed by atoms with Crippen LogP contribution in [0.1, 0.15) is 10.4 Å². The maximum absolute atomic E-state index is 13.1. The fourth-order valence-corrected chi connectivity index (χ4v) is 2.89. The summed E-state index contributed by atoms with van der Waals surface area (Å²) in [4.78, 5) is 30.0. The van der Waals surface area contributed by atoms with Gasteiger partial charge in [-0.1, -0.05) is 60.7 Å². The lowest BCUT2D eigenvalue weighted by molar-refractivity contribution is -0.118. The van der Waals surface area contributed by atoms with Gasteiger partial charge in [-0.25, -0.2) is 9.79 Å². The molecule has 0 fully saturated rings. The lowest BCUT2D eigenvalue weighted by Gasteiger charge is -2.06. The van der Waals surface area contributed by atoms with Crippen LogP contribution in [0.25, 0.3) is 0 Å². The number of allylic oxidation sites excluding steroid dienone is 1. The standard InChI is InChI=1S/C22H15N2O2/c25-21(16-9-3-1-4-10-16)15-19-22(26)24(17-11-5-2-6-12-17)20-14-8-7-13-18(20)23-19/h1-15H/q+1/b19-15-. The van der Waals surface area contributed by atoms with Crippen molar-refractivity contribution in [3.63, 3.8) is 0 Å². The highest BCUT2D eigenvalue weighted by Gasteiger charge is 2.30. The van der Waals surface area contributed by atoms with Crippen molar-refractivity contribution in [3.05, 3.63) is 113 Å². The molecule has 3 aromatic rings. The molecule has 4 heteroatoms. The lowest BCUT2D eigenvalue weighted by atomic mass is 10.1. The van der Waals surface area contributed by atoms with Crippen LogP contribution in [-0.4, -0.2) is 11.7 Å². The average Bonchev–Trinajstić information content (AvgIpc) is 2.70. The molecule has 0 spiro atoms. The highest BCUT2D eigenvalue weighted by molar-refractivity contribution is 6.10. The highest BCUT2D eigenvalue weighted by Crippen LogP contribution is 2.13. The summed E-state index contributed by atoms with van der Waals surface area (Å²) in [6, 6.07) is 25.6. The SMILES string of the molecule is O=C(/C=C1\N=c2ccccc2=[N+](c2ccccc2)C1=O)c1ccccc1. The zero-order chi connectivity index (χ0) is 17.9. The summed E-state index contributed by atoms with van der Waals surface area (Å²) in [5.74, 6) is -0.565. The summed E-state index contributed by atoms with van der Waals surface area (Å²) < 4.78 is 1.59. The molecule has 0 saturated heterocycles. The van der Waals surface area contributed by atoms with Crippen molar-refractivity contribution < 1.29 is 9.59 Å². The molecule has 0 bridgehead atoms. The Morgan fingerprint density at radius 1 is 0.808 bits per heavy atom. The Morgan fingerprint density at radius 3 is 2.15 bits per heavy atom. The maximum Gasteiger partial charge on any atom is 0.444 e. The summed E-state index contributed by atoms with van der Waals surface area (Å²) in [6.07, 6.45) is 1.31. The molecule has 4 nitrogen and oxygen atoms in total. The molecule has 0 N–H and O–H groups in total. The predicted octanol–water partition coefficient (Wildman–Crippen LogP) is 2.44. The second kappa shape index (κ2) is 6.69. The van der Waals surface area contributed by atoms with Gasteiger partial charge in [-0.3, -0.25) is 4.79 Å². The quantitative estimate of drug-likeness (QED) is 0.418. The van der Waals surface area contributed by atoms with E-state index in [-0.39, 0.29) is 17.4 Å². The van der Waals surface area contributed by atoms with Crippen LogP contribution in [0, 0.1) is 0 Å². The Labute approximate surface area is 150 Å². The molecule has 3 aromatic carbocycles. The van der Waals surface area contributed by atoms with Crippen molar-refractivity contribution in [1.82, 2.24) is 4.58 Å². The number of fused-ring (bicyclic) bond motifs is 1. The van der Waals surface area contributed by atoms with E-state index in [1.807, 2.05) is 60.7 Å². The van der Waals surface area contributed by atoms with E-state index < -0.39 is 0 Å². The Hall–Kier alpha value is -3.66.